The van der Waals surface area contributed by atoms with Crippen LogP contribution in [0.4, 0.5) is 11.4 Å². The van der Waals surface area contributed by atoms with Crippen molar-refractivity contribution in [3.8, 4) is 5.75 Å². The first kappa shape index (κ1) is 23.5. The number of carbonyl (C=O) groups is 2. The van der Waals surface area contributed by atoms with Crippen molar-refractivity contribution < 1.29 is 14.3 Å². The first-order valence-electron chi connectivity index (χ1n) is 10.3. The summed E-state index contributed by atoms with van der Waals surface area (Å²) in [6, 6.07) is 20.2. The molecule has 0 atom stereocenters. The van der Waals surface area contributed by atoms with Gasteiger partial charge in [0, 0.05) is 16.9 Å². The fourth-order valence-electron chi connectivity index (χ4n) is 3.09. The Morgan fingerprint density at radius 3 is 2.25 bits per heavy atom. The molecule has 0 aromatic heterocycles. The van der Waals surface area contributed by atoms with Gasteiger partial charge in [-0.05, 0) is 81.9 Å². The van der Waals surface area contributed by atoms with E-state index in [0.717, 1.165) is 15.7 Å². The third-order valence-electron chi connectivity index (χ3n) is 4.84. The van der Waals surface area contributed by atoms with Crippen LogP contribution in [0.15, 0.2) is 71.2 Å². The molecule has 0 aliphatic rings. The van der Waals surface area contributed by atoms with Crippen molar-refractivity contribution in [3.05, 3.63) is 87.9 Å². The van der Waals surface area contributed by atoms with Gasteiger partial charge in [-0.15, -0.1) is 0 Å². The Bertz CT molecular complexity index is 1140. The maximum Gasteiger partial charge on any atom is 0.262 e. The predicted octanol–water partition coefficient (Wildman–Crippen LogP) is 6.32. The normalized spacial score (nSPS) is 11.0. The molecule has 2 N–H and O–H groups in total. The number of benzene rings is 3. The average molecular weight is 495 g/mol. The highest BCUT2D eigenvalue weighted by Crippen LogP contribution is 2.31. The quantitative estimate of drug-likeness (QED) is 0.420. The highest BCUT2D eigenvalue weighted by Gasteiger charge is 2.16. The van der Waals surface area contributed by atoms with Gasteiger partial charge < -0.3 is 15.4 Å². The molecule has 0 heterocycles. The van der Waals surface area contributed by atoms with Crippen molar-refractivity contribution >= 4 is 39.1 Å². The molecule has 0 radical (unpaired) electrons. The average Bonchev–Trinajstić information content (AvgIpc) is 2.72. The van der Waals surface area contributed by atoms with Crippen molar-refractivity contribution in [3.63, 3.8) is 0 Å². The highest BCUT2D eigenvalue weighted by molar-refractivity contribution is 9.10. The summed E-state index contributed by atoms with van der Waals surface area (Å²) in [7, 11) is 0. The van der Waals surface area contributed by atoms with Crippen LogP contribution in [0.2, 0.25) is 0 Å². The van der Waals surface area contributed by atoms with E-state index < -0.39 is 0 Å². The van der Waals surface area contributed by atoms with Crippen molar-refractivity contribution in [1.29, 1.82) is 0 Å². The first-order valence-corrected chi connectivity index (χ1v) is 11.1. The van der Waals surface area contributed by atoms with E-state index >= 15 is 0 Å². The second kappa shape index (κ2) is 10.0. The summed E-state index contributed by atoms with van der Waals surface area (Å²) in [5.41, 5.74) is 3.95. The molecule has 32 heavy (non-hydrogen) atoms. The minimum atomic E-state index is -0.312. The van der Waals surface area contributed by atoms with Crippen LogP contribution in [0.3, 0.4) is 0 Å². The number of aryl methyl sites for hydroxylation is 1. The van der Waals surface area contributed by atoms with Crippen molar-refractivity contribution in [1.82, 2.24) is 0 Å². The van der Waals surface area contributed by atoms with E-state index in [9.17, 15) is 9.59 Å². The smallest absolute Gasteiger partial charge is 0.262 e. The third-order valence-corrected chi connectivity index (χ3v) is 5.46. The first-order chi connectivity index (χ1) is 15.1. The van der Waals surface area contributed by atoms with E-state index in [0.29, 0.717) is 17.0 Å². The van der Waals surface area contributed by atoms with Crippen molar-refractivity contribution in [2.45, 2.75) is 33.1 Å². The molecule has 3 aromatic carbocycles. The topological polar surface area (TPSA) is 67.4 Å². The minimum Gasteiger partial charge on any atom is -0.483 e. The lowest BCUT2D eigenvalue weighted by molar-refractivity contribution is -0.118. The fourth-order valence-corrected chi connectivity index (χ4v) is 3.58. The molecule has 0 unspecified atom stereocenters. The van der Waals surface area contributed by atoms with Crippen LogP contribution in [0.1, 0.15) is 42.3 Å². The van der Waals surface area contributed by atoms with Crippen LogP contribution in [0.25, 0.3) is 0 Å². The van der Waals surface area contributed by atoms with Crippen molar-refractivity contribution in [2.24, 2.45) is 0 Å². The molecule has 0 aliphatic carbocycles. The Balaban J connectivity index is 1.59. The van der Waals surface area contributed by atoms with Crippen LogP contribution < -0.4 is 15.4 Å². The van der Waals surface area contributed by atoms with Gasteiger partial charge in [0.05, 0.1) is 4.47 Å². The summed E-state index contributed by atoms with van der Waals surface area (Å²) in [6.07, 6.45) is 0. The SMILES string of the molecule is Cc1cccc(NC(=O)c2cccc(NC(=O)COc3ccc(C(C)(C)C)cc3Br)c2)c1. The molecule has 0 saturated carbocycles. The minimum absolute atomic E-state index is 0.0229. The Hall–Kier alpha value is -3.12. The van der Waals surface area contributed by atoms with Crippen LogP contribution in [-0.2, 0) is 10.2 Å². The Morgan fingerprint density at radius 2 is 1.59 bits per heavy atom. The fraction of sp³-hybridized carbons (Fsp3) is 0.231. The largest absolute Gasteiger partial charge is 0.483 e. The summed E-state index contributed by atoms with van der Waals surface area (Å²) in [4.78, 5) is 24.9. The lowest BCUT2D eigenvalue weighted by Crippen LogP contribution is -2.21. The van der Waals surface area contributed by atoms with E-state index in [1.165, 1.54) is 5.56 Å². The van der Waals surface area contributed by atoms with Crippen molar-refractivity contribution in [2.75, 3.05) is 17.2 Å². The standard InChI is InChI=1S/C26H27BrN2O3/c1-17-7-5-9-20(13-17)29-25(31)18-8-6-10-21(14-18)28-24(30)16-32-23-12-11-19(15-22(23)27)26(2,3)4/h5-15H,16H2,1-4H3,(H,28,30)(H,29,31). The summed E-state index contributed by atoms with van der Waals surface area (Å²) >= 11 is 3.51. The van der Waals surface area contributed by atoms with Gasteiger partial charge in [-0.25, -0.2) is 0 Å². The molecule has 166 valence electrons. The van der Waals surface area contributed by atoms with Gasteiger partial charge >= 0.3 is 0 Å². The second-order valence-electron chi connectivity index (χ2n) is 8.64. The van der Waals surface area contributed by atoms with E-state index in [4.69, 9.17) is 4.74 Å². The molecule has 2 amide bonds. The van der Waals surface area contributed by atoms with E-state index in [2.05, 4.69) is 47.3 Å². The second-order valence-corrected chi connectivity index (χ2v) is 9.49. The number of hydrogen-bond donors (Lipinski definition) is 2. The molecular formula is C26H27BrN2O3. The Morgan fingerprint density at radius 1 is 0.906 bits per heavy atom. The molecule has 0 bridgehead atoms. The van der Waals surface area contributed by atoms with Gasteiger partial charge in [0.1, 0.15) is 5.75 Å². The zero-order valence-electron chi connectivity index (χ0n) is 18.7. The molecule has 0 spiro atoms. The van der Waals surface area contributed by atoms with E-state index in [1.54, 1.807) is 24.3 Å². The van der Waals surface area contributed by atoms with Gasteiger partial charge in [-0.3, -0.25) is 9.59 Å². The summed E-state index contributed by atoms with van der Waals surface area (Å²) < 4.78 is 6.47. The number of nitrogens with one attached hydrogen (secondary N) is 2. The molecule has 0 saturated heterocycles. The molecule has 3 rings (SSSR count). The van der Waals surface area contributed by atoms with Gasteiger partial charge in [-0.2, -0.15) is 0 Å². The Labute approximate surface area is 197 Å². The molecule has 0 aliphatic heterocycles. The van der Waals surface area contributed by atoms with Gasteiger partial charge in [0.15, 0.2) is 6.61 Å². The van der Waals surface area contributed by atoms with Crippen LogP contribution in [0, 0.1) is 6.92 Å². The summed E-state index contributed by atoms with van der Waals surface area (Å²) in [5.74, 6) is 0.0401. The number of hydrogen-bond acceptors (Lipinski definition) is 3. The third kappa shape index (κ3) is 6.44. The van der Waals surface area contributed by atoms with Gasteiger partial charge in [0.2, 0.25) is 0 Å². The molecule has 5 nitrogen and oxygen atoms in total. The summed E-state index contributed by atoms with van der Waals surface area (Å²) in [6.45, 7) is 8.23. The monoisotopic (exact) mass is 494 g/mol. The molecular weight excluding hydrogens is 468 g/mol. The van der Waals surface area contributed by atoms with Gasteiger partial charge in [-0.1, -0.05) is 45.0 Å². The van der Waals surface area contributed by atoms with E-state index in [-0.39, 0.29) is 23.8 Å². The van der Waals surface area contributed by atoms with Crippen LogP contribution in [0.5, 0.6) is 5.75 Å². The number of rotatable bonds is 6. The lowest BCUT2D eigenvalue weighted by atomic mass is 9.87. The van der Waals surface area contributed by atoms with Crippen LogP contribution in [-0.4, -0.2) is 18.4 Å². The zero-order chi connectivity index (χ0) is 23.3. The maximum absolute atomic E-state index is 12.6. The number of carbonyl (C=O) groups excluding carboxylic acids is 2. The number of ether oxygens (including phenoxy) is 1. The maximum atomic E-state index is 12.6. The van der Waals surface area contributed by atoms with E-state index in [1.807, 2.05) is 49.4 Å². The summed E-state index contributed by atoms with van der Waals surface area (Å²) in [5, 5.41) is 5.64. The number of anilines is 2. The zero-order valence-corrected chi connectivity index (χ0v) is 20.2. The van der Waals surface area contributed by atoms with Gasteiger partial charge in [0.25, 0.3) is 11.8 Å². The van der Waals surface area contributed by atoms with Crippen LogP contribution >= 0.6 is 15.9 Å². The predicted molar refractivity (Wildman–Crippen MR) is 133 cm³/mol. The number of halogens is 1. The lowest BCUT2D eigenvalue weighted by Gasteiger charge is -2.20. The molecule has 3 aromatic rings. The molecule has 6 heteroatoms. The Kier molecular flexibility index (Phi) is 7.36. The molecule has 0 fully saturated rings. The number of amides is 2. The highest BCUT2D eigenvalue weighted by atomic mass is 79.9.